The normalized spacial score (nSPS) is 14.7. The molecule has 1 amide bonds. The lowest BCUT2D eigenvalue weighted by atomic mass is 10.1. The fourth-order valence-electron chi connectivity index (χ4n) is 3.35. The van der Waals surface area contributed by atoms with E-state index in [-0.39, 0.29) is 12.5 Å². The van der Waals surface area contributed by atoms with Crippen LogP contribution in [-0.2, 0) is 17.9 Å². The Morgan fingerprint density at radius 3 is 2.50 bits per heavy atom. The van der Waals surface area contributed by atoms with Gasteiger partial charge in [-0.25, -0.2) is 0 Å². The third-order valence-corrected chi connectivity index (χ3v) is 7.18. The van der Waals surface area contributed by atoms with Crippen LogP contribution in [0.5, 0.6) is 11.5 Å². The maximum absolute atomic E-state index is 13.0. The molecule has 8 heteroatoms. The molecule has 1 aliphatic rings. The molecule has 34 heavy (non-hydrogen) atoms. The lowest BCUT2D eigenvalue weighted by Crippen LogP contribution is -2.27. The van der Waals surface area contributed by atoms with Gasteiger partial charge in [-0.2, -0.15) is 0 Å². The zero-order valence-corrected chi connectivity index (χ0v) is 21.7. The first kappa shape index (κ1) is 24.6. The van der Waals surface area contributed by atoms with Gasteiger partial charge < -0.3 is 9.47 Å². The number of aryl methyl sites for hydroxylation is 1. The highest BCUT2D eigenvalue weighted by Gasteiger charge is 2.32. The van der Waals surface area contributed by atoms with Crippen LogP contribution in [0, 0.1) is 6.92 Å². The van der Waals surface area contributed by atoms with Crippen LogP contribution in [-0.4, -0.2) is 22.2 Å². The molecule has 3 aromatic rings. The number of amides is 1. The topological polar surface area (TPSA) is 38.8 Å². The summed E-state index contributed by atoms with van der Waals surface area (Å²) in [7, 11) is 1.57. The van der Waals surface area contributed by atoms with E-state index in [0.717, 1.165) is 16.7 Å². The fourth-order valence-corrected chi connectivity index (χ4v) is 5.07. The van der Waals surface area contributed by atoms with Gasteiger partial charge in [0.15, 0.2) is 11.5 Å². The van der Waals surface area contributed by atoms with Crippen molar-refractivity contribution in [1.82, 2.24) is 4.90 Å². The van der Waals surface area contributed by atoms with E-state index in [1.807, 2.05) is 61.5 Å². The highest BCUT2D eigenvalue weighted by atomic mass is 35.5. The molecule has 1 saturated heterocycles. The molecule has 1 fully saturated rings. The third kappa shape index (κ3) is 5.76. The molecule has 174 valence electrons. The molecule has 0 atom stereocenters. The third-order valence-electron chi connectivity index (χ3n) is 5.22. The fraction of sp³-hybridized carbons (Fsp3) is 0.154. The quantitative estimate of drug-likeness (QED) is 0.237. The first-order valence-electron chi connectivity index (χ1n) is 10.4. The lowest BCUT2D eigenvalue weighted by molar-refractivity contribution is -0.122. The van der Waals surface area contributed by atoms with Crippen LogP contribution < -0.4 is 9.47 Å². The van der Waals surface area contributed by atoms with Crippen LogP contribution in [0.3, 0.4) is 0 Å². The summed E-state index contributed by atoms with van der Waals surface area (Å²) in [6, 6.07) is 18.8. The Morgan fingerprint density at radius 1 is 1.03 bits per heavy atom. The number of ether oxygens (including phenoxy) is 2. The van der Waals surface area contributed by atoms with Gasteiger partial charge in [0, 0.05) is 15.6 Å². The van der Waals surface area contributed by atoms with Gasteiger partial charge in [0.05, 0.1) is 18.6 Å². The summed E-state index contributed by atoms with van der Waals surface area (Å²) in [4.78, 5) is 15.2. The Labute approximate surface area is 218 Å². The van der Waals surface area contributed by atoms with E-state index < -0.39 is 0 Å². The molecule has 0 unspecified atom stereocenters. The average Bonchev–Trinajstić information content (AvgIpc) is 3.07. The molecule has 0 radical (unpaired) electrons. The van der Waals surface area contributed by atoms with Gasteiger partial charge in [0.25, 0.3) is 5.91 Å². The molecule has 4 nitrogen and oxygen atoms in total. The second-order valence-corrected chi connectivity index (χ2v) is 10.2. The van der Waals surface area contributed by atoms with Crippen molar-refractivity contribution in [2.75, 3.05) is 7.11 Å². The van der Waals surface area contributed by atoms with Gasteiger partial charge in [-0.15, -0.1) is 0 Å². The van der Waals surface area contributed by atoms with Crippen molar-refractivity contribution in [3.05, 3.63) is 97.9 Å². The monoisotopic (exact) mass is 529 g/mol. The van der Waals surface area contributed by atoms with Gasteiger partial charge in [0.1, 0.15) is 10.9 Å². The number of halogens is 2. The molecule has 0 aromatic heterocycles. The van der Waals surface area contributed by atoms with Gasteiger partial charge in [0.2, 0.25) is 0 Å². The van der Waals surface area contributed by atoms with Crippen LogP contribution in [0.4, 0.5) is 0 Å². The van der Waals surface area contributed by atoms with Crippen molar-refractivity contribution in [1.29, 1.82) is 0 Å². The molecule has 0 spiro atoms. The number of hydrogen-bond acceptors (Lipinski definition) is 5. The van der Waals surface area contributed by atoms with Crippen molar-refractivity contribution in [3.63, 3.8) is 0 Å². The Bertz CT molecular complexity index is 1280. The van der Waals surface area contributed by atoms with Crippen molar-refractivity contribution >= 4 is 63.5 Å². The summed E-state index contributed by atoms with van der Waals surface area (Å²) in [5.74, 6) is 1.01. The first-order chi connectivity index (χ1) is 16.3. The van der Waals surface area contributed by atoms with E-state index in [1.165, 1.54) is 17.3 Å². The van der Waals surface area contributed by atoms with Gasteiger partial charge in [-0.1, -0.05) is 89.1 Å². The Morgan fingerprint density at radius 2 is 1.79 bits per heavy atom. The zero-order chi connectivity index (χ0) is 24.2. The summed E-state index contributed by atoms with van der Waals surface area (Å²) >= 11 is 19.0. The first-order valence-corrected chi connectivity index (χ1v) is 12.4. The van der Waals surface area contributed by atoms with Crippen LogP contribution in [0.25, 0.3) is 6.08 Å². The molecule has 3 aromatic carbocycles. The average molecular weight is 530 g/mol. The number of thioether (sulfide) groups is 1. The number of rotatable bonds is 7. The highest BCUT2D eigenvalue weighted by Crippen LogP contribution is 2.36. The highest BCUT2D eigenvalue weighted by molar-refractivity contribution is 8.26. The van der Waals surface area contributed by atoms with Crippen LogP contribution >= 0.6 is 47.2 Å². The van der Waals surface area contributed by atoms with Crippen LogP contribution in [0.2, 0.25) is 10.0 Å². The number of methoxy groups -OCH3 is 1. The number of benzene rings is 3. The zero-order valence-electron chi connectivity index (χ0n) is 18.5. The number of carbonyl (C=O) groups is 1. The largest absolute Gasteiger partial charge is 0.493 e. The van der Waals surface area contributed by atoms with Crippen molar-refractivity contribution < 1.29 is 14.3 Å². The predicted molar refractivity (Wildman–Crippen MR) is 144 cm³/mol. The lowest BCUT2D eigenvalue weighted by Gasteiger charge is -2.14. The van der Waals surface area contributed by atoms with E-state index in [9.17, 15) is 4.79 Å². The number of carbonyl (C=O) groups excluding carboxylic acids is 1. The van der Waals surface area contributed by atoms with Gasteiger partial charge in [-0.05, 0) is 48.4 Å². The number of thiocarbonyl (C=S) groups is 1. The second-order valence-electron chi connectivity index (χ2n) is 7.69. The van der Waals surface area contributed by atoms with Gasteiger partial charge >= 0.3 is 0 Å². The minimum atomic E-state index is -0.104. The van der Waals surface area contributed by atoms with Crippen molar-refractivity contribution in [2.45, 2.75) is 20.1 Å². The maximum atomic E-state index is 13.0. The molecular formula is C26H21Cl2NO3S2. The minimum Gasteiger partial charge on any atom is -0.493 e. The summed E-state index contributed by atoms with van der Waals surface area (Å²) < 4.78 is 12.0. The minimum absolute atomic E-state index is 0.104. The standard InChI is InChI=1S/C26H21Cl2NO3S2/c1-16-3-5-17(6-4-16)14-29-25(30)24(34-26(29)33)12-18-7-10-22(23(11-18)31-2)32-15-19-8-9-20(27)13-21(19)28/h3-13H,14-15H2,1-2H3. The Kier molecular flexibility index (Phi) is 7.84. The molecule has 0 saturated carbocycles. The van der Waals surface area contributed by atoms with Crippen LogP contribution in [0.15, 0.2) is 65.6 Å². The SMILES string of the molecule is COc1cc(C=C2SC(=S)N(Cc3ccc(C)cc3)C2=O)ccc1OCc1ccc(Cl)cc1Cl. The second kappa shape index (κ2) is 10.8. The predicted octanol–water partition coefficient (Wildman–Crippen LogP) is 7.29. The van der Waals surface area contributed by atoms with E-state index in [1.54, 1.807) is 24.1 Å². The molecule has 4 rings (SSSR count). The molecule has 0 aliphatic carbocycles. The summed E-state index contributed by atoms with van der Waals surface area (Å²) in [5.41, 5.74) is 3.83. The van der Waals surface area contributed by atoms with E-state index in [2.05, 4.69) is 0 Å². The van der Waals surface area contributed by atoms with Crippen molar-refractivity contribution in [2.24, 2.45) is 0 Å². The molecular weight excluding hydrogens is 509 g/mol. The molecule has 1 aliphatic heterocycles. The van der Waals surface area contributed by atoms with Crippen molar-refractivity contribution in [3.8, 4) is 11.5 Å². The smallest absolute Gasteiger partial charge is 0.266 e. The summed E-state index contributed by atoms with van der Waals surface area (Å²) in [6.07, 6.45) is 1.82. The molecule has 1 heterocycles. The molecule has 0 bridgehead atoms. The number of hydrogen-bond donors (Lipinski definition) is 0. The Hall–Kier alpha value is -2.51. The summed E-state index contributed by atoms with van der Waals surface area (Å²) in [6.45, 7) is 2.75. The van der Waals surface area contributed by atoms with E-state index >= 15 is 0 Å². The maximum Gasteiger partial charge on any atom is 0.266 e. The number of nitrogens with zero attached hydrogens (tertiary/aromatic N) is 1. The van der Waals surface area contributed by atoms with Gasteiger partial charge in [-0.3, -0.25) is 9.69 Å². The van der Waals surface area contributed by atoms with E-state index in [4.69, 9.17) is 44.9 Å². The van der Waals surface area contributed by atoms with E-state index in [0.29, 0.717) is 37.3 Å². The van der Waals surface area contributed by atoms with Crippen LogP contribution in [0.1, 0.15) is 22.3 Å². The Balaban J connectivity index is 1.48. The summed E-state index contributed by atoms with van der Waals surface area (Å²) in [5, 5.41) is 1.11. The molecule has 0 N–H and O–H groups in total.